The number of rotatable bonds is 4. The van der Waals surface area contributed by atoms with E-state index in [4.69, 9.17) is 0 Å². The first kappa shape index (κ1) is 21.5. The quantitative estimate of drug-likeness (QED) is 0.619. The summed E-state index contributed by atoms with van der Waals surface area (Å²) in [6.07, 6.45) is 6.06. The van der Waals surface area contributed by atoms with Crippen molar-refractivity contribution in [3.8, 4) is 0 Å². The minimum atomic E-state index is -0.0140. The van der Waals surface area contributed by atoms with Gasteiger partial charge in [-0.25, -0.2) is 4.98 Å². The zero-order valence-corrected chi connectivity index (χ0v) is 19.2. The number of aromatic nitrogens is 2. The maximum absolute atomic E-state index is 13.0. The van der Waals surface area contributed by atoms with E-state index in [1.54, 1.807) is 0 Å². The molecule has 4 heterocycles. The van der Waals surface area contributed by atoms with Gasteiger partial charge in [0.25, 0.3) is 5.91 Å². The third kappa shape index (κ3) is 4.58. The summed E-state index contributed by atoms with van der Waals surface area (Å²) < 4.78 is 1.91. The molecule has 7 nitrogen and oxygen atoms in total. The lowest BCUT2D eigenvalue weighted by atomic mass is 9.92. The molecule has 0 radical (unpaired) electrons. The molecule has 2 saturated heterocycles. The number of imidazole rings is 1. The van der Waals surface area contributed by atoms with Crippen molar-refractivity contribution in [1.82, 2.24) is 19.2 Å². The number of amides is 2. The van der Waals surface area contributed by atoms with Crippen LogP contribution in [0.5, 0.6) is 0 Å². The Morgan fingerprint density at radius 1 is 0.909 bits per heavy atom. The molecule has 0 aliphatic carbocycles. The number of piperazine rings is 1. The van der Waals surface area contributed by atoms with E-state index in [0.717, 1.165) is 50.2 Å². The van der Waals surface area contributed by atoms with Crippen molar-refractivity contribution in [1.29, 1.82) is 0 Å². The molecular weight excluding hydrogens is 414 g/mol. The van der Waals surface area contributed by atoms with Crippen LogP contribution in [0.3, 0.4) is 0 Å². The van der Waals surface area contributed by atoms with Crippen LogP contribution in [-0.4, -0.2) is 70.3 Å². The Bertz CT molecular complexity index is 1130. The zero-order valence-electron chi connectivity index (χ0n) is 19.2. The molecule has 1 aromatic carbocycles. The average Bonchev–Trinajstić information content (AvgIpc) is 3.31. The van der Waals surface area contributed by atoms with Gasteiger partial charge in [0.15, 0.2) is 0 Å². The Labute approximate surface area is 194 Å². The predicted octanol–water partition coefficient (Wildman–Crippen LogP) is 3.23. The monoisotopic (exact) mass is 445 g/mol. The Morgan fingerprint density at radius 3 is 2.33 bits per heavy atom. The second kappa shape index (κ2) is 9.25. The summed E-state index contributed by atoms with van der Waals surface area (Å²) in [5.74, 6) is 0.584. The van der Waals surface area contributed by atoms with Crippen molar-refractivity contribution in [2.45, 2.75) is 26.2 Å². The number of hydrogen-bond acceptors (Lipinski definition) is 4. The maximum atomic E-state index is 13.0. The molecule has 2 amide bonds. The predicted molar refractivity (Wildman–Crippen MR) is 128 cm³/mol. The summed E-state index contributed by atoms with van der Waals surface area (Å²) >= 11 is 0. The van der Waals surface area contributed by atoms with Gasteiger partial charge in [0, 0.05) is 63.8 Å². The van der Waals surface area contributed by atoms with E-state index >= 15 is 0 Å². The van der Waals surface area contributed by atoms with Gasteiger partial charge in [0.2, 0.25) is 5.91 Å². The number of carbonyl (C=O) groups is 2. The molecule has 5 rings (SSSR count). The number of hydrogen-bond donors (Lipinski definition) is 0. The van der Waals surface area contributed by atoms with Gasteiger partial charge in [-0.3, -0.25) is 9.59 Å². The number of likely N-dealkylation sites (tertiary alicyclic amines) is 1. The highest BCUT2D eigenvalue weighted by atomic mass is 16.2. The van der Waals surface area contributed by atoms with E-state index in [-0.39, 0.29) is 11.8 Å². The SMILES string of the molecule is Cc1cccn2cc(C(=O)N3CCC(CC(=O)N4CCN(c5ccccc5)CC4)CC3)nc12. The number of aryl methyl sites for hydroxylation is 1. The number of benzene rings is 1. The molecule has 172 valence electrons. The highest BCUT2D eigenvalue weighted by Crippen LogP contribution is 2.24. The maximum Gasteiger partial charge on any atom is 0.274 e. The summed E-state index contributed by atoms with van der Waals surface area (Å²) in [6, 6.07) is 14.4. The van der Waals surface area contributed by atoms with Gasteiger partial charge >= 0.3 is 0 Å². The lowest BCUT2D eigenvalue weighted by molar-refractivity contribution is -0.132. The fourth-order valence-electron chi connectivity index (χ4n) is 4.99. The molecule has 2 fully saturated rings. The van der Waals surface area contributed by atoms with Gasteiger partial charge in [-0.2, -0.15) is 0 Å². The highest BCUT2D eigenvalue weighted by molar-refractivity contribution is 5.93. The summed E-state index contributed by atoms with van der Waals surface area (Å²) in [6.45, 7) is 6.68. The number of pyridine rings is 1. The van der Waals surface area contributed by atoms with Crippen LogP contribution in [0.15, 0.2) is 54.9 Å². The van der Waals surface area contributed by atoms with Gasteiger partial charge in [0.05, 0.1) is 0 Å². The van der Waals surface area contributed by atoms with E-state index in [1.165, 1.54) is 5.69 Å². The van der Waals surface area contributed by atoms with Crippen molar-refractivity contribution in [2.24, 2.45) is 5.92 Å². The fourth-order valence-corrected chi connectivity index (χ4v) is 4.99. The standard InChI is InChI=1S/C26H31N5O2/c1-20-6-5-11-31-19-23(27-25(20)31)26(33)30-12-9-21(10-13-30)18-24(32)29-16-14-28(15-17-29)22-7-3-2-4-8-22/h2-8,11,19,21H,9-10,12-18H2,1H3. The van der Waals surface area contributed by atoms with Crippen molar-refractivity contribution in [2.75, 3.05) is 44.2 Å². The molecule has 0 N–H and O–H groups in total. The van der Waals surface area contributed by atoms with Gasteiger partial charge in [-0.1, -0.05) is 24.3 Å². The topological polar surface area (TPSA) is 61.2 Å². The van der Waals surface area contributed by atoms with Crippen LogP contribution in [-0.2, 0) is 4.79 Å². The zero-order chi connectivity index (χ0) is 22.8. The van der Waals surface area contributed by atoms with Crippen molar-refractivity contribution >= 4 is 23.1 Å². The smallest absolute Gasteiger partial charge is 0.274 e. The summed E-state index contributed by atoms with van der Waals surface area (Å²) in [7, 11) is 0. The van der Waals surface area contributed by atoms with Crippen LogP contribution in [0.25, 0.3) is 5.65 Å². The van der Waals surface area contributed by atoms with E-state index in [0.29, 0.717) is 31.1 Å². The number of piperidine rings is 1. The Kier molecular flexibility index (Phi) is 6.03. The molecular formula is C26H31N5O2. The fraction of sp³-hybridized carbons (Fsp3) is 0.423. The summed E-state index contributed by atoms with van der Waals surface area (Å²) in [5.41, 5.74) is 3.60. The summed E-state index contributed by atoms with van der Waals surface area (Å²) in [4.78, 5) is 36.7. The van der Waals surface area contributed by atoms with Crippen LogP contribution in [0, 0.1) is 12.8 Å². The first-order chi connectivity index (χ1) is 16.1. The largest absolute Gasteiger partial charge is 0.368 e. The molecule has 2 aromatic heterocycles. The van der Waals surface area contributed by atoms with Crippen LogP contribution in [0.4, 0.5) is 5.69 Å². The number of anilines is 1. The highest BCUT2D eigenvalue weighted by Gasteiger charge is 2.29. The molecule has 3 aromatic rings. The lowest BCUT2D eigenvalue weighted by Gasteiger charge is -2.37. The molecule has 2 aliphatic rings. The summed E-state index contributed by atoms with van der Waals surface area (Å²) in [5, 5.41) is 0. The average molecular weight is 446 g/mol. The van der Waals surface area contributed by atoms with Crippen LogP contribution in [0.1, 0.15) is 35.3 Å². The van der Waals surface area contributed by atoms with Crippen LogP contribution < -0.4 is 4.90 Å². The molecule has 0 atom stereocenters. The van der Waals surface area contributed by atoms with Crippen molar-refractivity contribution < 1.29 is 9.59 Å². The Morgan fingerprint density at radius 2 is 1.64 bits per heavy atom. The number of nitrogens with zero attached hydrogens (tertiary/aromatic N) is 5. The second-order valence-corrected chi connectivity index (χ2v) is 9.19. The Hall–Kier alpha value is -3.35. The first-order valence-electron chi connectivity index (χ1n) is 11.9. The van der Waals surface area contributed by atoms with Gasteiger partial charge in [-0.05, 0) is 49.4 Å². The van der Waals surface area contributed by atoms with Gasteiger partial charge in [-0.15, -0.1) is 0 Å². The molecule has 7 heteroatoms. The van der Waals surface area contributed by atoms with Gasteiger partial charge < -0.3 is 19.1 Å². The molecule has 0 unspecified atom stereocenters. The number of carbonyl (C=O) groups excluding carboxylic acids is 2. The Balaban J connectivity index is 1.10. The first-order valence-corrected chi connectivity index (χ1v) is 11.9. The lowest BCUT2D eigenvalue weighted by Crippen LogP contribution is -2.49. The van der Waals surface area contributed by atoms with E-state index in [2.05, 4.69) is 34.1 Å². The molecule has 2 aliphatic heterocycles. The third-order valence-electron chi connectivity index (χ3n) is 7.02. The van der Waals surface area contributed by atoms with E-state index in [9.17, 15) is 9.59 Å². The number of para-hydroxylation sites is 1. The minimum absolute atomic E-state index is 0.0140. The van der Waals surface area contributed by atoms with Crippen molar-refractivity contribution in [3.63, 3.8) is 0 Å². The molecule has 33 heavy (non-hydrogen) atoms. The van der Waals surface area contributed by atoms with E-state index < -0.39 is 0 Å². The van der Waals surface area contributed by atoms with Gasteiger partial charge in [0.1, 0.15) is 11.3 Å². The van der Waals surface area contributed by atoms with Crippen LogP contribution >= 0.6 is 0 Å². The molecule has 0 spiro atoms. The molecule has 0 bridgehead atoms. The van der Waals surface area contributed by atoms with Crippen LogP contribution in [0.2, 0.25) is 0 Å². The second-order valence-electron chi connectivity index (χ2n) is 9.19. The third-order valence-corrected chi connectivity index (χ3v) is 7.02. The van der Waals surface area contributed by atoms with Crippen molar-refractivity contribution in [3.05, 3.63) is 66.1 Å². The number of fused-ring (bicyclic) bond motifs is 1. The normalized spacial score (nSPS) is 17.5. The molecule has 0 saturated carbocycles. The minimum Gasteiger partial charge on any atom is -0.368 e. The van der Waals surface area contributed by atoms with E-state index in [1.807, 2.05) is 51.7 Å².